The van der Waals surface area contributed by atoms with Crippen LogP contribution in [0.1, 0.15) is 52.9 Å². The van der Waals surface area contributed by atoms with Crippen LogP contribution >= 0.6 is 0 Å². The smallest absolute Gasteiger partial charge is 0.307 e. The first-order chi connectivity index (χ1) is 6.02. The fourth-order valence-electron chi connectivity index (χ4n) is 0.903. The summed E-state index contributed by atoms with van der Waals surface area (Å²) in [5, 5.41) is 0. The summed E-state index contributed by atoms with van der Waals surface area (Å²) in [5.74, 6) is -0.180. The number of carbonyl (C=O) groups is 1. The first-order valence-electron chi connectivity index (χ1n) is 5.02. The number of rotatable bonds is 6. The van der Waals surface area contributed by atoms with Gasteiger partial charge in [0.25, 0.3) is 0 Å². The second-order valence-electron chi connectivity index (χ2n) is 3.60. The first kappa shape index (κ1) is 12.4. The second-order valence-corrected chi connectivity index (χ2v) is 3.60. The average Bonchev–Trinajstić information content (AvgIpc) is 2.04. The van der Waals surface area contributed by atoms with Crippen molar-refractivity contribution in [3.8, 4) is 0 Å². The van der Waals surface area contributed by atoms with Crippen molar-refractivity contribution < 1.29 is 9.53 Å². The van der Waals surface area contributed by atoms with Crippen LogP contribution in [-0.2, 0) is 9.53 Å². The number of ether oxygens (including phenoxy) is 1. The minimum Gasteiger partial charge on any atom is -0.444 e. The van der Waals surface area contributed by atoms with Crippen LogP contribution in [0.4, 0.5) is 0 Å². The summed E-state index contributed by atoms with van der Waals surface area (Å²) >= 11 is 0. The van der Waals surface area contributed by atoms with Gasteiger partial charge in [-0.1, -0.05) is 26.7 Å². The number of esters is 1. The van der Waals surface area contributed by atoms with Crippen LogP contribution in [0.25, 0.3) is 0 Å². The summed E-state index contributed by atoms with van der Waals surface area (Å²) in [7, 11) is 0. The minimum absolute atomic E-state index is 0.180. The SMILES string of the molecule is CCCCCC(=O)O[C@@](C)(N)CC. The van der Waals surface area contributed by atoms with Crippen molar-refractivity contribution in [2.75, 3.05) is 0 Å². The van der Waals surface area contributed by atoms with Crippen molar-refractivity contribution in [3.63, 3.8) is 0 Å². The van der Waals surface area contributed by atoms with E-state index in [1.807, 2.05) is 6.92 Å². The van der Waals surface area contributed by atoms with Gasteiger partial charge >= 0.3 is 5.97 Å². The number of carbonyl (C=O) groups excluding carboxylic acids is 1. The molecule has 0 spiro atoms. The fourth-order valence-corrected chi connectivity index (χ4v) is 0.903. The van der Waals surface area contributed by atoms with Crippen molar-refractivity contribution in [2.45, 2.75) is 58.6 Å². The molecule has 0 aliphatic carbocycles. The molecule has 0 heterocycles. The Labute approximate surface area is 80.6 Å². The summed E-state index contributed by atoms with van der Waals surface area (Å²) in [6.45, 7) is 5.73. The molecule has 0 saturated heterocycles. The highest BCUT2D eigenvalue weighted by Crippen LogP contribution is 2.09. The van der Waals surface area contributed by atoms with E-state index in [1.165, 1.54) is 0 Å². The van der Waals surface area contributed by atoms with Gasteiger partial charge in [0, 0.05) is 6.42 Å². The topological polar surface area (TPSA) is 52.3 Å². The summed E-state index contributed by atoms with van der Waals surface area (Å²) in [6.07, 6.45) is 4.21. The Hall–Kier alpha value is -0.570. The van der Waals surface area contributed by atoms with Gasteiger partial charge in [0.15, 0.2) is 5.72 Å². The van der Waals surface area contributed by atoms with Crippen LogP contribution < -0.4 is 5.73 Å². The van der Waals surface area contributed by atoms with Gasteiger partial charge in [-0.05, 0) is 19.8 Å². The third-order valence-electron chi connectivity index (χ3n) is 2.03. The van der Waals surface area contributed by atoms with Crippen molar-refractivity contribution in [3.05, 3.63) is 0 Å². The van der Waals surface area contributed by atoms with E-state index < -0.39 is 5.72 Å². The van der Waals surface area contributed by atoms with Crippen LogP contribution in [0.5, 0.6) is 0 Å². The van der Waals surface area contributed by atoms with Gasteiger partial charge in [0.05, 0.1) is 0 Å². The molecule has 0 saturated carbocycles. The monoisotopic (exact) mass is 187 g/mol. The van der Waals surface area contributed by atoms with Gasteiger partial charge in [-0.15, -0.1) is 0 Å². The third kappa shape index (κ3) is 6.58. The number of hydrogen-bond acceptors (Lipinski definition) is 3. The lowest BCUT2D eigenvalue weighted by Gasteiger charge is -2.22. The Morgan fingerprint density at radius 1 is 1.38 bits per heavy atom. The molecule has 13 heavy (non-hydrogen) atoms. The summed E-state index contributed by atoms with van der Waals surface area (Å²) in [5.41, 5.74) is 4.89. The Balaban J connectivity index is 3.62. The van der Waals surface area contributed by atoms with Crippen LogP contribution in [0, 0.1) is 0 Å². The lowest BCUT2D eigenvalue weighted by molar-refractivity contribution is -0.158. The number of nitrogens with two attached hydrogens (primary N) is 1. The highest BCUT2D eigenvalue weighted by molar-refractivity contribution is 5.69. The maximum Gasteiger partial charge on any atom is 0.307 e. The molecule has 0 aromatic rings. The fraction of sp³-hybridized carbons (Fsp3) is 0.900. The maximum absolute atomic E-state index is 11.2. The minimum atomic E-state index is -0.788. The lowest BCUT2D eigenvalue weighted by atomic mass is 10.2. The molecule has 78 valence electrons. The Morgan fingerprint density at radius 2 is 2.00 bits per heavy atom. The van der Waals surface area contributed by atoms with E-state index >= 15 is 0 Å². The Bertz CT molecular complexity index is 155. The molecule has 3 nitrogen and oxygen atoms in total. The standard InChI is InChI=1S/C10H21NO2/c1-4-6-7-8-9(12)13-10(3,11)5-2/h4-8,11H2,1-3H3/t10-/m1/s1. The van der Waals surface area contributed by atoms with E-state index in [-0.39, 0.29) is 5.97 Å². The number of unbranched alkanes of at least 4 members (excludes halogenated alkanes) is 2. The lowest BCUT2D eigenvalue weighted by Crippen LogP contribution is -2.40. The molecule has 3 heteroatoms. The quantitative estimate of drug-likeness (QED) is 0.394. The van der Waals surface area contributed by atoms with Crippen molar-refractivity contribution >= 4 is 5.97 Å². The zero-order valence-electron chi connectivity index (χ0n) is 8.93. The predicted octanol–water partition coefficient (Wildman–Crippen LogP) is 2.19. The molecule has 0 aromatic carbocycles. The zero-order valence-corrected chi connectivity index (χ0v) is 8.93. The van der Waals surface area contributed by atoms with E-state index in [0.29, 0.717) is 12.8 Å². The number of hydrogen-bond donors (Lipinski definition) is 1. The molecule has 0 radical (unpaired) electrons. The highest BCUT2D eigenvalue weighted by Gasteiger charge is 2.20. The molecule has 2 N–H and O–H groups in total. The maximum atomic E-state index is 11.2. The van der Waals surface area contributed by atoms with Crippen LogP contribution in [-0.4, -0.2) is 11.7 Å². The molecule has 0 bridgehead atoms. The molecular weight excluding hydrogens is 166 g/mol. The van der Waals surface area contributed by atoms with Gasteiger partial charge in [-0.2, -0.15) is 0 Å². The highest BCUT2D eigenvalue weighted by atomic mass is 16.6. The van der Waals surface area contributed by atoms with Crippen LogP contribution in [0.2, 0.25) is 0 Å². The van der Waals surface area contributed by atoms with Crippen LogP contribution in [0.3, 0.4) is 0 Å². The van der Waals surface area contributed by atoms with E-state index in [4.69, 9.17) is 10.5 Å². The molecule has 1 atom stereocenters. The average molecular weight is 187 g/mol. The van der Waals surface area contributed by atoms with Gasteiger partial charge < -0.3 is 4.74 Å². The van der Waals surface area contributed by atoms with Gasteiger partial charge in [0.1, 0.15) is 0 Å². The predicted molar refractivity (Wildman–Crippen MR) is 53.1 cm³/mol. The Kier molecular flexibility index (Phi) is 5.71. The molecule has 0 fully saturated rings. The largest absolute Gasteiger partial charge is 0.444 e. The third-order valence-corrected chi connectivity index (χ3v) is 2.03. The van der Waals surface area contributed by atoms with Crippen molar-refractivity contribution in [1.29, 1.82) is 0 Å². The normalized spacial score (nSPS) is 15.1. The zero-order chi connectivity index (χ0) is 10.3. The van der Waals surface area contributed by atoms with Gasteiger partial charge in [-0.3, -0.25) is 10.5 Å². The van der Waals surface area contributed by atoms with E-state index in [0.717, 1.165) is 19.3 Å². The molecule has 0 amide bonds. The summed E-state index contributed by atoms with van der Waals surface area (Å²) < 4.78 is 5.07. The van der Waals surface area contributed by atoms with Gasteiger partial charge in [-0.25, -0.2) is 0 Å². The Morgan fingerprint density at radius 3 is 2.46 bits per heavy atom. The second kappa shape index (κ2) is 5.97. The summed E-state index contributed by atoms with van der Waals surface area (Å²) in [4.78, 5) is 11.2. The molecule has 0 aliphatic rings. The van der Waals surface area contributed by atoms with E-state index in [9.17, 15) is 4.79 Å². The summed E-state index contributed by atoms with van der Waals surface area (Å²) in [6, 6.07) is 0. The van der Waals surface area contributed by atoms with Crippen molar-refractivity contribution in [1.82, 2.24) is 0 Å². The molecular formula is C10H21NO2. The molecule has 0 rings (SSSR count). The molecule has 0 unspecified atom stereocenters. The van der Waals surface area contributed by atoms with E-state index in [2.05, 4.69) is 6.92 Å². The van der Waals surface area contributed by atoms with Crippen LogP contribution in [0.15, 0.2) is 0 Å². The van der Waals surface area contributed by atoms with E-state index in [1.54, 1.807) is 6.92 Å². The van der Waals surface area contributed by atoms with Crippen molar-refractivity contribution in [2.24, 2.45) is 5.73 Å². The molecule has 0 aromatic heterocycles. The van der Waals surface area contributed by atoms with Gasteiger partial charge in [0.2, 0.25) is 0 Å². The first-order valence-corrected chi connectivity index (χ1v) is 5.02. The molecule has 0 aliphatic heterocycles.